The van der Waals surface area contributed by atoms with Crippen LogP contribution in [0.4, 0.5) is 0 Å². The average Bonchev–Trinajstić information content (AvgIpc) is 2.82. The van der Waals surface area contributed by atoms with E-state index in [-0.39, 0.29) is 30.5 Å². The molecule has 0 bridgehead atoms. The highest BCUT2D eigenvalue weighted by atomic mass is 16.5. The van der Waals surface area contributed by atoms with Crippen LogP contribution in [0.3, 0.4) is 0 Å². The molecule has 5 nitrogen and oxygen atoms in total. The van der Waals surface area contributed by atoms with Gasteiger partial charge in [0.15, 0.2) is 0 Å². The Hall–Kier alpha value is -3.15. The lowest BCUT2D eigenvalue weighted by Crippen LogP contribution is -2.72. The van der Waals surface area contributed by atoms with Crippen molar-refractivity contribution in [2.75, 3.05) is 26.8 Å². The molecule has 0 unspecified atom stereocenters. The molecule has 0 spiro atoms. The van der Waals surface area contributed by atoms with Crippen molar-refractivity contribution in [2.45, 2.75) is 24.5 Å². The summed E-state index contributed by atoms with van der Waals surface area (Å²) in [5, 5.41) is 10.0. The summed E-state index contributed by atoms with van der Waals surface area (Å²) in [7, 11) is 1.67. The lowest BCUT2D eigenvalue weighted by Gasteiger charge is -2.59. The molecule has 0 aliphatic carbocycles. The molecule has 2 saturated heterocycles. The second-order valence-corrected chi connectivity index (χ2v) is 8.65. The first-order valence-corrected chi connectivity index (χ1v) is 11.1. The van der Waals surface area contributed by atoms with Gasteiger partial charge in [-0.25, -0.2) is 0 Å². The zero-order chi connectivity index (χ0) is 22.1. The number of hydrogen-bond acceptors (Lipinski definition) is 4. The van der Waals surface area contributed by atoms with E-state index >= 15 is 0 Å². The molecule has 1 N–H and O–H groups in total. The predicted molar refractivity (Wildman–Crippen MR) is 124 cm³/mol. The van der Waals surface area contributed by atoms with Crippen LogP contribution in [0.5, 0.6) is 5.75 Å². The van der Waals surface area contributed by atoms with Gasteiger partial charge >= 0.3 is 0 Å². The van der Waals surface area contributed by atoms with E-state index in [1.807, 2.05) is 35.2 Å². The van der Waals surface area contributed by atoms with Crippen LogP contribution in [0.1, 0.15) is 17.0 Å². The van der Waals surface area contributed by atoms with Crippen molar-refractivity contribution in [3.63, 3.8) is 0 Å². The minimum Gasteiger partial charge on any atom is -0.497 e. The number of ether oxygens (including phenoxy) is 1. The number of methoxy groups -OCH3 is 1. The smallest absolute Gasteiger partial charge is 0.237 e. The lowest BCUT2D eigenvalue weighted by atomic mass is 9.73. The Kier molecular flexibility index (Phi) is 5.68. The van der Waals surface area contributed by atoms with E-state index in [1.165, 1.54) is 11.1 Å². The maximum atomic E-state index is 12.9. The summed E-state index contributed by atoms with van der Waals surface area (Å²) in [6.07, 6.45) is 0. The van der Waals surface area contributed by atoms with Crippen molar-refractivity contribution in [3.8, 4) is 16.9 Å². The summed E-state index contributed by atoms with van der Waals surface area (Å²) >= 11 is 0. The van der Waals surface area contributed by atoms with Gasteiger partial charge in [0.1, 0.15) is 5.75 Å². The summed E-state index contributed by atoms with van der Waals surface area (Å²) in [4.78, 5) is 17.0. The highest BCUT2D eigenvalue weighted by Gasteiger charge is 2.53. The Morgan fingerprint density at radius 3 is 2.22 bits per heavy atom. The van der Waals surface area contributed by atoms with E-state index in [9.17, 15) is 9.90 Å². The van der Waals surface area contributed by atoms with Gasteiger partial charge in [0, 0.05) is 19.0 Å². The van der Waals surface area contributed by atoms with Crippen LogP contribution in [0.25, 0.3) is 11.1 Å². The highest BCUT2D eigenvalue weighted by molar-refractivity contribution is 5.81. The molecule has 1 amide bonds. The van der Waals surface area contributed by atoms with Crippen LogP contribution in [0.2, 0.25) is 0 Å². The van der Waals surface area contributed by atoms with Crippen molar-refractivity contribution in [1.29, 1.82) is 0 Å². The Bertz CT molecular complexity index is 1070. The fraction of sp³-hybridized carbons (Fsp3) is 0.296. The summed E-state index contributed by atoms with van der Waals surface area (Å²) in [6.45, 7) is 1.99. The SMILES string of the molecule is COc1ccc(-c2ccc([C@@H]3[C@@H](CO)N4C(=O)CN(Cc5ccccc5)C[C@@H]34)cc2)cc1. The van der Waals surface area contributed by atoms with Gasteiger partial charge in [0.2, 0.25) is 5.91 Å². The Morgan fingerprint density at radius 1 is 0.938 bits per heavy atom. The summed E-state index contributed by atoms with van der Waals surface area (Å²) in [5.41, 5.74) is 4.66. The normalized spacial score (nSPS) is 22.9. The quantitative estimate of drug-likeness (QED) is 0.653. The predicted octanol–water partition coefficient (Wildman–Crippen LogP) is 3.53. The molecule has 2 fully saturated rings. The zero-order valence-corrected chi connectivity index (χ0v) is 18.2. The number of carbonyl (C=O) groups is 1. The summed E-state index contributed by atoms with van der Waals surface area (Å²) in [6, 6.07) is 26.8. The van der Waals surface area contributed by atoms with Crippen LogP contribution in [0.15, 0.2) is 78.9 Å². The molecule has 32 heavy (non-hydrogen) atoms. The number of benzene rings is 3. The largest absolute Gasteiger partial charge is 0.497 e. The number of aliphatic hydroxyl groups excluding tert-OH is 1. The van der Waals surface area contributed by atoms with Crippen molar-refractivity contribution in [2.24, 2.45) is 0 Å². The summed E-state index contributed by atoms with van der Waals surface area (Å²) < 4.78 is 5.25. The first-order valence-electron chi connectivity index (χ1n) is 11.1. The number of aliphatic hydroxyl groups is 1. The molecule has 0 aromatic heterocycles. The van der Waals surface area contributed by atoms with Crippen LogP contribution in [0, 0.1) is 0 Å². The third-order valence-corrected chi connectivity index (χ3v) is 6.79. The fourth-order valence-electron chi connectivity index (χ4n) is 5.21. The van der Waals surface area contributed by atoms with E-state index in [4.69, 9.17) is 4.74 Å². The second-order valence-electron chi connectivity index (χ2n) is 8.65. The number of hydrogen-bond donors (Lipinski definition) is 1. The van der Waals surface area contributed by atoms with Crippen LogP contribution in [-0.4, -0.2) is 59.7 Å². The van der Waals surface area contributed by atoms with Crippen LogP contribution >= 0.6 is 0 Å². The molecule has 5 rings (SSSR count). The van der Waals surface area contributed by atoms with Gasteiger partial charge in [0.05, 0.1) is 32.3 Å². The minimum atomic E-state index is -0.141. The van der Waals surface area contributed by atoms with Crippen molar-refractivity contribution in [1.82, 2.24) is 9.80 Å². The standard InChI is InChI=1S/C27H28N2O3/c1-32-23-13-11-21(12-14-23)20-7-9-22(10-8-20)27-24-16-28(15-19-5-3-2-4-6-19)17-26(31)29(24)25(27)18-30/h2-14,24-25,27,30H,15-18H2,1H3/t24-,25+,27-/m0/s1. The van der Waals surface area contributed by atoms with Gasteiger partial charge in [-0.05, 0) is 34.4 Å². The molecule has 0 saturated carbocycles. The van der Waals surface area contributed by atoms with Gasteiger partial charge < -0.3 is 14.7 Å². The molecular formula is C27H28N2O3. The van der Waals surface area contributed by atoms with Gasteiger partial charge in [0.25, 0.3) is 0 Å². The molecule has 2 heterocycles. The van der Waals surface area contributed by atoms with Gasteiger partial charge in [-0.15, -0.1) is 0 Å². The Labute approximate surface area is 188 Å². The minimum absolute atomic E-state index is 0.00811. The van der Waals surface area contributed by atoms with Crippen LogP contribution < -0.4 is 4.74 Å². The molecule has 5 heteroatoms. The maximum Gasteiger partial charge on any atom is 0.237 e. The van der Waals surface area contributed by atoms with E-state index in [2.05, 4.69) is 53.4 Å². The Balaban J connectivity index is 1.34. The van der Waals surface area contributed by atoms with E-state index < -0.39 is 0 Å². The average molecular weight is 429 g/mol. The van der Waals surface area contributed by atoms with E-state index in [0.717, 1.165) is 30.0 Å². The number of carbonyl (C=O) groups excluding carboxylic acids is 1. The number of rotatable bonds is 6. The molecule has 2 aliphatic heterocycles. The van der Waals surface area contributed by atoms with Crippen molar-refractivity contribution in [3.05, 3.63) is 90.0 Å². The van der Waals surface area contributed by atoms with E-state index in [1.54, 1.807) is 7.11 Å². The molecule has 0 radical (unpaired) electrons. The summed E-state index contributed by atoms with van der Waals surface area (Å²) in [5.74, 6) is 1.10. The third-order valence-electron chi connectivity index (χ3n) is 6.79. The van der Waals surface area contributed by atoms with Gasteiger partial charge in [-0.2, -0.15) is 0 Å². The van der Waals surface area contributed by atoms with Gasteiger partial charge in [-0.1, -0.05) is 66.7 Å². The zero-order valence-electron chi connectivity index (χ0n) is 18.2. The topological polar surface area (TPSA) is 53.0 Å². The molecular weight excluding hydrogens is 400 g/mol. The highest BCUT2D eigenvalue weighted by Crippen LogP contribution is 2.43. The molecule has 3 aromatic rings. The maximum absolute atomic E-state index is 12.9. The third kappa shape index (κ3) is 3.78. The van der Waals surface area contributed by atoms with E-state index in [0.29, 0.717) is 6.54 Å². The lowest BCUT2D eigenvalue weighted by molar-refractivity contribution is -0.162. The van der Waals surface area contributed by atoms with Crippen molar-refractivity contribution >= 4 is 5.91 Å². The monoisotopic (exact) mass is 428 g/mol. The van der Waals surface area contributed by atoms with Crippen molar-refractivity contribution < 1.29 is 14.6 Å². The first kappa shape index (κ1) is 20.7. The molecule has 3 aromatic carbocycles. The second kappa shape index (κ2) is 8.77. The van der Waals surface area contributed by atoms with Crippen LogP contribution in [-0.2, 0) is 11.3 Å². The molecule has 164 valence electrons. The number of piperazine rings is 1. The number of nitrogens with zero attached hydrogens (tertiary/aromatic N) is 2. The molecule has 3 atom stereocenters. The fourth-order valence-corrected chi connectivity index (χ4v) is 5.21. The molecule has 2 aliphatic rings. The Morgan fingerprint density at radius 2 is 1.59 bits per heavy atom. The number of amides is 1. The van der Waals surface area contributed by atoms with Gasteiger partial charge in [-0.3, -0.25) is 9.69 Å². The number of fused-ring (bicyclic) bond motifs is 1. The first-order chi connectivity index (χ1) is 15.7.